The van der Waals surface area contributed by atoms with Gasteiger partial charge in [0.1, 0.15) is 17.7 Å². The molecule has 0 saturated carbocycles. The third-order valence-electron chi connectivity index (χ3n) is 3.48. The number of carbonyl (C=O) groups is 1. The summed E-state index contributed by atoms with van der Waals surface area (Å²) >= 11 is 0. The van der Waals surface area contributed by atoms with E-state index in [-0.39, 0.29) is 22.9 Å². The number of fused-ring (bicyclic) bond motifs is 1. The molecule has 11 heteroatoms. The van der Waals surface area contributed by atoms with E-state index in [1.807, 2.05) is 0 Å². The van der Waals surface area contributed by atoms with Crippen molar-refractivity contribution in [1.29, 1.82) is 0 Å². The molecule has 4 atom stereocenters. The van der Waals surface area contributed by atoms with Gasteiger partial charge in [-0.3, -0.25) is 14.7 Å². The van der Waals surface area contributed by atoms with E-state index < -0.39 is 37.1 Å². The van der Waals surface area contributed by atoms with Crippen LogP contribution < -0.4 is 11.1 Å². The average Bonchev–Trinajstić information content (AvgIpc) is 3.01. The van der Waals surface area contributed by atoms with Crippen LogP contribution >= 0.6 is 0 Å². The van der Waals surface area contributed by atoms with Crippen molar-refractivity contribution >= 4 is 28.8 Å². The van der Waals surface area contributed by atoms with Crippen molar-refractivity contribution in [2.45, 2.75) is 31.5 Å². The van der Waals surface area contributed by atoms with Gasteiger partial charge in [-0.05, 0) is 0 Å². The number of amides is 1. The Morgan fingerprint density at radius 2 is 2.30 bits per heavy atom. The molecule has 2 aromatic heterocycles. The second-order valence-corrected chi connectivity index (χ2v) is 5.12. The van der Waals surface area contributed by atoms with Crippen molar-refractivity contribution in [1.82, 2.24) is 19.5 Å². The monoisotopic (exact) mass is 326 g/mol. The molecule has 1 amide bonds. The highest BCUT2D eigenvalue weighted by molar-refractivity contribution is 5.89. The molecule has 0 radical (unpaired) electrons. The summed E-state index contributed by atoms with van der Waals surface area (Å²) < 4.78 is 20.8. The van der Waals surface area contributed by atoms with Gasteiger partial charge in [0.15, 0.2) is 23.9 Å². The minimum Gasteiger partial charge on any atom is -0.394 e. The van der Waals surface area contributed by atoms with Crippen molar-refractivity contribution in [2.24, 2.45) is 0 Å². The van der Waals surface area contributed by atoms with Gasteiger partial charge < -0.3 is 20.7 Å². The molecule has 0 aliphatic carbocycles. The van der Waals surface area contributed by atoms with Gasteiger partial charge >= 0.3 is 0 Å². The Morgan fingerprint density at radius 3 is 2.91 bits per heavy atom. The lowest BCUT2D eigenvalue weighted by Gasteiger charge is -2.15. The Kier molecular flexibility index (Phi) is 3.83. The topological polar surface area (TPSA) is 148 Å². The van der Waals surface area contributed by atoms with Crippen LogP contribution in [-0.4, -0.2) is 60.6 Å². The molecule has 3 heterocycles. The standard InChI is InChI=1S/C12H15FN6O4/c1-4(21)16-12-17-9(14)7-10(18-12)19(3-15-7)11-6(13)8(22)5(2-20)23-11/h3,5-6,8,11,20,22H,2H2,1H3,(H3,14,16,17,18,21)/t5-,6-,8-,11-/m1/s1. The van der Waals surface area contributed by atoms with Gasteiger partial charge in [-0.15, -0.1) is 0 Å². The van der Waals surface area contributed by atoms with Gasteiger partial charge in [-0.25, -0.2) is 9.37 Å². The van der Waals surface area contributed by atoms with Gasteiger partial charge in [0.05, 0.1) is 12.9 Å². The number of alkyl halides is 1. The number of anilines is 2. The number of aromatic nitrogens is 4. The quantitative estimate of drug-likeness (QED) is 0.558. The zero-order valence-corrected chi connectivity index (χ0v) is 12.0. The van der Waals surface area contributed by atoms with Crippen LogP contribution in [0.2, 0.25) is 0 Å². The molecular formula is C12H15FN6O4. The lowest BCUT2D eigenvalue weighted by molar-refractivity contribution is -0.114. The van der Waals surface area contributed by atoms with Crippen LogP contribution in [0.25, 0.3) is 11.2 Å². The van der Waals surface area contributed by atoms with Crippen molar-refractivity contribution < 1.29 is 24.1 Å². The summed E-state index contributed by atoms with van der Waals surface area (Å²) in [4.78, 5) is 23.1. The van der Waals surface area contributed by atoms with E-state index in [0.29, 0.717) is 0 Å². The molecule has 1 aliphatic rings. The van der Waals surface area contributed by atoms with E-state index in [2.05, 4.69) is 20.3 Å². The first-order valence-corrected chi connectivity index (χ1v) is 6.78. The minimum absolute atomic E-state index is 0.00478. The minimum atomic E-state index is -1.79. The highest BCUT2D eigenvalue weighted by atomic mass is 19.1. The number of hydrogen-bond acceptors (Lipinski definition) is 8. The summed E-state index contributed by atoms with van der Waals surface area (Å²) in [7, 11) is 0. The maximum Gasteiger partial charge on any atom is 0.233 e. The molecule has 0 bridgehead atoms. The maximum absolute atomic E-state index is 14.2. The maximum atomic E-state index is 14.2. The van der Waals surface area contributed by atoms with Gasteiger partial charge in [-0.1, -0.05) is 0 Å². The molecule has 0 unspecified atom stereocenters. The lowest BCUT2D eigenvalue weighted by Crippen LogP contribution is -2.30. The number of carbonyl (C=O) groups excluding carboxylic acids is 1. The highest BCUT2D eigenvalue weighted by Crippen LogP contribution is 2.34. The average molecular weight is 326 g/mol. The van der Waals surface area contributed by atoms with Crippen LogP contribution in [0.15, 0.2) is 6.33 Å². The highest BCUT2D eigenvalue weighted by Gasteiger charge is 2.45. The first kappa shape index (κ1) is 15.5. The van der Waals surface area contributed by atoms with Crippen molar-refractivity contribution in [3.8, 4) is 0 Å². The summed E-state index contributed by atoms with van der Waals surface area (Å²) in [5.41, 5.74) is 6.10. The molecule has 2 aromatic rings. The number of imidazole rings is 1. The van der Waals surface area contributed by atoms with E-state index in [1.54, 1.807) is 0 Å². The van der Waals surface area contributed by atoms with Crippen LogP contribution in [0.5, 0.6) is 0 Å². The zero-order valence-electron chi connectivity index (χ0n) is 12.0. The molecule has 5 N–H and O–H groups in total. The molecule has 10 nitrogen and oxygen atoms in total. The number of aliphatic hydroxyl groups excluding tert-OH is 2. The number of ether oxygens (including phenoxy) is 1. The van der Waals surface area contributed by atoms with E-state index >= 15 is 0 Å². The Bertz CT molecular complexity index is 752. The molecule has 1 aliphatic heterocycles. The predicted octanol–water partition coefficient (Wildman–Crippen LogP) is -1.04. The van der Waals surface area contributed by atoms with Gasteiger partial charge in [0.25, 0.3) is 0 Å². The van der Waals surface area contributed by atoms with Crippen LogP contribution in [0.1, 0.15) is 13.2 Å². The number of nitrogens with zero attached hydrogens (tertiary/aromatic N) is 4. The van der Waals surface area contributed by atoms with Gasteiger partial charge in [-0.2, -0.15) is 9.97 Å². The first-order valence-electron chi connectivity index (χ1n) is 6.78. The van der Waals surface area contributed by atoms with E-state index in [9.17, 15) is 14.3 Å². The number of nitrogens with two attached hydrogens (primary N) is 1. The molecule has 0 spiro atoms. The zero-order chi connectivity index (χ0) is 16.7. The third kappa shape index (κ3) is 2.58. The Balaban J connectivity index is 2.05. The fourth-order valence-corrected chi connectivity index (χ4v) is 2.42. The molecule has 124 valence electrons. The largest absolute Gasteiger partial charge is 0.394 e. The second kappa shape index (κ2) is 5.68. The number of nitrogens with one attached hydrogen (secondary N) is 1. The summed E-state index contributed by atoms with van der Waals surface area (Å²) in [6.45, 7) is 0.750. The molecular weight excluding hydrogens is 311 g/mol. The molecule has 3 rings (SSSR count). The van der Waals surface area contributed by atoms with Crippen LogP contribution in [0.3, 0.4) is 0 Å². The summed E-state index contributed by atoms with van der Waals surface area (Å²) in [6, 6.07) is 0. The molecule has 23 heavy (non-hydrogen) atoms. The van der Waals surface area contributed by atoms with Crippen molar-refractivity contribution in [3.05, 3.63) is 6.33 Å². The summed E-state index contributed by atoms with van der Waals surface area (Å²) in [5.74, 6) is -0.451. The van der Waals surface area contributed by atoms with E-state index in [1.165, 1.54) is 17.8 Å². The first-order chi connectivity index (χ1) is 10.9. The van der Waals surface area contributed by atoms with Crippen LogP contribution in [0, 0.1) is 0 Å². The second-order valence-electron chi connectivity index (χ2n) is 5.12. The number of rotatable bonds is 3. The number of nitrogen functional groups attached to an aromatic ring is 1. The van der Waals surface area contributed by atoms with Crippen molar-refractivity contribution in [2.75, 3.05) is 17.7 Å². The summed E-state index contributed by atoms with van der Waals surface area (Å²) in [6.07, 6.45) is -4.30. The third-order valence-corrected chi connectivity index (χ3v) is 3.48. The van der Waals surface area contributed by atoms with Gasteiger partial charge in [0, 0.05) is 6.92 Å². The van der Waals surface area contributed by atoms with Crippen LogP contribution in [-0.2, 0) is 9.53 Å². The number of aliphatic hydroxyl groups is 2. The summed E-state index contributed by atoms with van der Waals surface area (Å²) in [5, 5.41) is 21.2. The fourth-order valence-electron chi connectivity index (χ4n) is 2.42. The molecule has 1 saturated heterocycles. The van der Waals surface area contributed by atoms with E-state index in [4.69, 9.17) is 15.6 Å². The SMILES string of the molecule is CC(=O)Nc1nc(N)c2ncn([C@@H]3O[C@H](CO)[C@@H](O)[C@H]3F)c2n1. The number of halogens is 1. The van der Waals surface area contributed by atoms with E-state index in [0.717, 1.165) is 0 Å². The smallest absolute Gasteiger partial charge is 0.233 e. The van der Waals surface area contributed by atoms with Gasteiger partial charge in [0.2, 0.25) is 11.9 Å². The Labute approximate surface area is 129 Å². The normalized spacial score (nSPS) is 27.5. The predicted molar refractivity (Wildman–Crippen MR) is 75.9 cm³/mol. The lowest BCUT2D eigenvalue weighted by atomic mass is 10.1. The fraction of sp³-hybridized carbons (Fsp3) is 0.500. The molecule has 1 fully saturated rings. The van der Waals surface area contributed by atoms with Crippen LogP contribution in [0.4, 0.5) is 16.2 Å². The number of hydrogen-bond donors (Lipinski definition) is 4. The molecule has 0 aromatic carbocycles. The Hall–Kier alpha value is -2.37. The Morgan fingerprint density at radius 1 is 1.57 bits per heavy atom. The van der Waals surface area contributed by atoms with Crippen molar-refractivity contribution in [3.63, 3.8) is 0 Å².